The van der Waals surface area contributed by atoms with Crippen molar-refractivity contribution in [1.29, 1.82) is 0 Å². The predicted octanol–water partition coefficient (Wildman–Crippen LogP) is 4.50. The number of unbranched alkanes of at least 4 members (excludes halogenated alkanes) is 1. The minimum Gasteiger partial charge on any atom is -0.327 e. The summed E-state index contributed by atoms with van der Waals surface area (Å²) < 4.78 is 2.41. The van der Waals surface area contributed by atoms with Crippen LogP contribution in [0.15, 0.2) is 36.8 Å². The van der Waals surface area contributed by atoms with Crippen LogP contribution in [0.4, 0.5) is 0 Å². The Hall–Kier alpha value is -1.57. The maximum absolute atomic E-state index is 4.40. The van der Waals surface area contributed by atoms with Crippen LogP contribution in [0.5, 0.6) is 0 Å². The fourth-order valence-electron chi connectivity index (χ4n) is 3.52. The minimum absolute atomic E-state index is 0.257. The highest BCUT2D eigenvalue weighted by atomic mass is 15.1. The Morgan fingerprint density at radius 1 is 1.30 bits per heavy atom. The molecule has 1 aromatic heterocycles. The topological polar surface area (TPSA) is 17.8 Å². The zero-order chi connectivity index (χ0) is 14.2. The highest BCUT2D eigenvalue weighted by Crippen LogP contribution is 2.46. The quantitative estimate of drug-likeness (QED) is 0.798. The van der Waals surface area contributed by atoms with Gasteiger partial charge in [0, 0.05) is 11.9 Å². The van der Waals surface area contributed by atoms with Crippen LogP contribution in [0, 0.1) is 0 Å². The molecule has 1 aliphatic rings. The molecule has 1 unspecified atom stereocenters. The SMILES string of the molecule is CCCCc1cncn1C1CC(C)(C)c2ccccc21. The van der Waals surface area contributed by atoms with Gasteiger partial charge in [-0.15, -0.1) is 0 Å². The van der Waals surface area contributed by atoms with Crippen molar-refractivity contribution in [2.24, 2.45) is 0 Å². The fraction of sp³-hybridized carbons (Fsp3) is 0.500. The first-order chi connectivity index (χ1) is 9.63. The van der Waals surface area contributed by atoms with Crippen molar-refractivity contribution in [2.75, 3.05) is 0 Å². The fourth-order valence-corrected chi connectivity index (χ4v) is 3.52. The molecule has 0 amide bonds. The Morgan fingerprint density at radius 2 is 2.10 bits per heavy atom. The summed E-state index contributed by atoms with van der Waals surface area (Å²) in [5.74, 6) is 0. The van der Waals surface area contributed by atoms with Crippen LogP contribution in [0.1, 0.15) is 62.9 Å². The first-order valence-electron chi connectivity index (χ1n) is 7.73. The van der Waals surface area contributed by atoms with Crippen LogP contribution in [0.3, 0.4) is 0 Å². The summed E-state index contributed by atoms with van der Waals surface area (Å²) in [5, 5.41) is 0. The molecule has 0 saturated carbocycles. The van der Waals surface area contributed by atoms with Crippen molar-refractivity contribution < 1.29 is 0 Å². The van der Waals surface area contributed by atoms with Gasteiger partial charge >= 0.3 is 0 Å². The smallest absolute Gasteiger partial charge is 0.0953 e. The molecule has 3 rings (SSSR count). The molecule has 0 fully saturated rings. The van der Waals surface area contributed by atoms with E-state index in [4.69, 9.17) is 0 Å². The second-order valence-corrected chi connectivity index (χ2v) is 6.59. The van der Waals surface area contributed by atoms with Crippen molar-refractivity contribution in [3.63, 3.8) is 0 Å². The zero-order valence-electron chi connectivity index (χ0n) is 12.8. The van der Waals surface area contributed by atoms with E-state index in [9.17, 15) is 0 Å². The Morgan fingerprint density at radius 3 is 2.90 bits per heavy atom. The number of rotatable bonds is 4. The number of fused-ring (bicyclic) bond motifs is 1. The Labute approximate surface area is 121 Å². The Balaban J connectivity index is 1.99. The van der Waals surface area contributed by atoms with Crippen molar-refractivity contribution >= 4 is 0 Å². The predicted molar refractivity (Wildman–Crippen MR) is 83.1 cm³/mol. The van der Waals surface area contributed by atoms with E-state index in [0.29, 0.717) is 6.04 Å². The Kier molecular flexibility index (Phi) is 3.41. The van der Waals surface area contributed by atoms with Gasteiger partial charge in [-0.25, -0.2) is 4.98 Å². The van der Waals surface area contributed by atoms with E-state index in [-0.39, 0.29) is 5.41 Å². The third kappa shape index (κ3) is 2.17. The second-order valence-electron chi connectivity index (χ2n) is 6.59. The van der Waals surface area contributed by atoms with Gasteiger partial charge in [-0.2, -0.15) is 0 Å². The molecule has 1 atom stereocenters. The number of hydrogen-bond acceptors (Lipinski definition) is 1. The van der Waals surface area contributed by atoms with Crippen molar-refractivity contribution in [3.8, 4) is 0 Å². The third-order valence-electron chi connectivity index (χ3n) is 4.62. The molecule has 1 heterocycles. The lowest BCUT2D eigenvalue weighted by atomic mass is 9.86. The van der Waals surface area contributed by atoms with Crippen molar-refractivity contribution in [1.82, 2.24) is 9.55 Å². The lowest BCUT2D eigenvalue weighted by molar-refractivity contribution is 0.435. The lowest BCUT2D eigenvalue weighted by Gasteiger charge is -2.20. The molecule has 0 aliphatic heterocycles. The molecule has 0 bridgehead atoms. The third-order valence-corrected chi connectivity index (χ3v) is 4.62. The normalized spacial score (nSPS) is 20.1. The van der Waals surface area contributed by atoms with Crippen LogP contribution >= 0.6 is 0 Å². The van der Waals surface area contributed by atoms with E-state index >= 15 is 0 Å². The van der Waals surface area contributed by atoms with Gasteiger partial charge in [0.25, 0.3) is 0 Å². The van der Waals surface area contributed by atoms with E-state index in [0.717, 1.165) is 6.42 Å². The number of imidazole rings is 1. The number of hydrogen-bond donors (Lipinski definition) is 0. The largest absolute Gasteiger partial charge is 0.327 e. The standard InChI is InChI=1S/C18H24N2/c1-4-5-8-14-12-19-13-20(14)17-11-18(2,3)16-10-7-6-9-15(16)17/h6-7,9-10,12-13,17H,4-5,8,11H2,1-3H3. The first kappa shape index (κ1) is 13.4. The van der Waals surface area contributed by atoms with E-state index in [1.165, 1.54) is 36.1 Å². The maximum Gasteiger partial charge on any atom is 0.0953 e. The molecule has 0 N–H and O–H groups in total. The molecule has 106 valence electrons. The molecule has 20 heavy (non-hydrogen) atoms. The van der Waals surface area contributed by atoms with Gasteiger partial charge in [-0.3, -0.25) is 0 Å². The molecule has 0 saturated heterocycles. The number of aromatic nitrogens is 2. The maximum atomic E-state index is 4.40. The first-order valence-corrected chi connectivity index (χ1v) is 7.73. The average molecular weight is 268 g/mol. The van der Waals surface area contributed by atoms with Crippen LogP contribution in [-0.4, -0.2) is 9.55 Å². The molecule has 2 aromatic rings. The van der Waals surface area contributed by atoms with Gasteiger partial charge in [-0.05, 0) is 35.8 Å². The number of aryl methyl sites for hydroxylation is 1. The second kappa shape index (κ2) is 5.08. The molecule has 1 aliphatic carbocycles. The van der Waals surface area contributed by atoms with E-state index in [2.05, 4.69) is 54.6 Å². The number of benzene rings is 1. The van der Waals surface area contributed by atoms with Gasteiger partial charge in [-0.1, -0.05) is 51.5 Å². The van der Waals surface area contributed by atoms with Crippen LogP contribution < -0.4 is 0 Å². The summed E-state index contributed by atoms with van der Waals surface area (Å²) in [6.07, 6.45) is 8.84. The molecule has 2 heteroatoms. The Bertz CT molecular complexity index is 595. The lowest BCUT2D eigenvalue weighted by Crippen LogP contribution is -2.15. The van der Waals surface area contributed by atoms with E-state index < -0.39 is 0 Å². The van der Waals surface area contributed by atoms with Crippen LogP contribution in [0.25, 0.3) is 0 Å². The minimum atomic E-state index is 0.257. The summed E-state index contributed by atoms with van der Waals surface area (Å²) in [6, 6.07) is 9.36. The number of nitrogens with zero attached hydrogens (tertiary/aromatic N) is 2. The van der Waals surface area contributed by atoms with Gasteiger partial charge in [0.05, 0.1) is 12.4 Å². The summed E-state index contributed by atoms with van der Waals surface area (Å²) in [4.78, 5) is 4.40. The summed E-state index contributed by atoms with van der Waals surface area (Å²) >= 11 is 0. The van der Waals surface area contributed by atoms with Gasteiger partial charge in [0.15, 0.2) is 0 Å². The van der Waals surface area contributed by atoms with Crippen LogP contribution in [-0.2, 0) is 11.8 Å². The van der Waals surface area contributed by atoms with Gasteiger partial charge < -0.3 is 4.57 Å². The molecule has 0 radical (unpaired) electrons. The summed E-state index contributed by atoms with van der Waals surface area (Å²) in [5.41, 5.74) is 4.62. The highest BCUT2D eigenvalue weighted by Gasteiger charge is 2.37. The molecular formula is C18H24N2. The molecule has 0 spiro atoms. The van der Waals surface area contributed by atoms with Gasteiger partial charge in [0.1, 0.15) is 0 Å². The van der Waals surface area contributed by atoms with Crippen molar-refractivity contribution in [2.45, 2.75) is 57.9 Å². The highest BCUT2D eigenvalue weighted by molar-refractivity contribution is 5.41. The van der Waals surface area contributed by atoms with E-state index in [1.807, 2.05) is 12.5 Å². The molecular weight excluding hydrogens is 244 g/mol. The molecule has 2 nitrogen and oxygen atoms in total. The average Bonchev–Trinajstić information content (AvgIpc) is 3.00. The van der Waals surface area contributed by atoms with Gasteiger partial charge in [0.2, 0.25) is 0 Å². The monoisotopic (exact) mass is 268 g/mol. The summed E-state index contributed by atoms with van der Waals surface area (Å²) in [7, 11) is 0. The van der Waals surface area contributed by atoms with Crippen molar-refractivity contribution in [3.05, 3.63) is 53.6 Å². The van der Waals surface area contributed by atoms with E-state index in [1.54, 1.807) is 0 Å². The molecule has 1 aromatic carbocycles. The zero-order valence-corrected chi connectivity index (χ0v) is 12.8. The van der Waals surface area contributed by atoms with Crippen LogP contribution in [0.2, 0.25) is 0 Å². The summed E-state index contributed by atoms with van der Waals surface area (Å²) in [6.45, 7) is 6.96.